The van der Waals surface area contributed by atoms with Crippen LogP contribution in [0.15, 0.2) is 36.5 Å². The third kappa shape index (κ3) is 2.30. The third-order valence-electron chi connectivity index (χ3n) is 2.29. The van der Waals surface area contributed by atoms with Crippen molar-refractivity contribution in [2.75, 3.05) is 5.73 Å². The van der Waals surface area contributed by atoms with Crippen molar-refractivity contribution in [1.29, 1.82) is 0 Å². The molecule has 0 bridgehead atoms. The second kappa shape index (κ2) is 4.36. The number of nitrogens with two attached hydrogens (primary N) is 1. The fourth-order valence-corrected chi connectivity index (χ4v) is 1.57. The number of rotatable bonds is 3. The zero-order valence-electron chi connectivity index (χ0n) is 8.23. The van der Waals surface area contributed by atoms with Gasteiger partial charge in [-0.3, -0.25) is 0 Å². The average Bonchev–Trinajstić information content (AvgIpc) is 2.59. The molecule has 2 aromatic rings. The SMILES string of the molecule is Nc1c(Cl)cnn1CCc1ccccc1. The zero-order valence-corrected chi connectivity index (χ0v) is 8.98. The maximum absolute atomic E-state index is 5.80. The molecule has 0 aliphatic rings. The maximum Gasteiger partial charge on any atom is 0.140 e. The first-order chi connectivity index (χ1) is 7.27. The summed E-state index contributed by atoms with van der Waals surface area (Å²) in [7, 11) is 0. The molecule has 0 unspecified atom stereocenters. The first kappa shape index (κ1) is 10.1. The second-order valence-corrected chi connectivity index (χ2v) is 3.74. The Labute approximate surface area is 93.5 Å². The van der Waals surface area contributed by atoms with Gasteiger partial charge in [-0.15, -0.1) is 0 Å². The fraction of sp³-hybridized carbons (Fsp3) is 0.182. The summed E-state index contributed by atoms with van der Waals surface area (Å²) < 4.78 is 1.72. The van der Waals surface area contributed by atoms with Crippen LogP contribution in [-0.4, -0.2) is 9.78 Å². The van der Waals surface area contributed by atoms with E-state index in [0.29, 0.717) is 10.8 Å². The number of nitrogen functional groups attached to an aromatic ring is 1. The molecule has 1 aromatic carbocycles. The Kier molecular flexibility index (Phi) is 2.92. The van der Waals surface area contributed by atoms with E-state index in [1.165, 1.54) is 5.56 Å². The van der Waals surface area contributed by atoms with Crippen LogP contribution in [0.2, 0.25) is 5.02 Å². The van der Waals surface area contributed by atoms with E-state index in [1.54, 1.807) is 10.9 Å². The van der Waals surface area contributed by atoms with Gasteiger partial charge in [-0.2, -0.15) is 5.10 Å². The molecule has 1 heterocycles. The number of hydrogen-bond acceptors (Lipinski definition) is 2. The first-order valence-corrected chi connectivity index (χ1v) is 5.16. The van der Waals surface area contributed by atoms with Crippen LogP contribution in [0, 0.1) is 0 Å². The van der Waals surface area contributed by atoms with Crippen molar-refractivity contribution in [3.05, 3.63) is 47.1 Å². The van der Waals surface area contributed by atoms with E-state index in [9.17, 15) is 0 Å². The molecular weight excluding hydrogens is 210 g/mol. The van der Waals surface area contributed by atoms with Gasteiger partial charge in [-0.05, 0) is 12.0 Å². The number of halogens is 1. The molecule has 0 fully saturated rings. The smallest absolute Gasteiger partial charge is 0.140 e. The van der Waals surface area contributed by atoms with E-state index in [1.807, 2.05) is 18.2 Å². The molecule has 2 N–H and O–H groups in total. The molecule has 0 aliphatic carbocycles. The van der Waals surface area contributed by atoms with Crippen LogP contribution in [0.1, 0.15) is 5.56 Å². The Morgan fingerprint density at radius 2 is 2.00 bits per heavy atom. The van der Waals surface area contributed by atoms with E-state index in [-0.39, 0.29) is 0 Å². The van der Waals surface area contributed by atoms with Crippen molar-refractivity contribution in [2.24, 2.45) is 0 Å². The van der Waals surface area contributed by atoms with E-state index in [2.05, 4.69) is 17.2 Å². The highest BCUT2D eigenvalue weighted by atomic mass is 35.5. The molecule has 3 nitrogen and oxygen atoms in total. The number of benzene rings is 1. The normalized spacial score (nSPS) is 10.5. The molecule has 15 heavy (non-hydrogen) atoms. The molecule has 0 atom stereocenters. The Balaban J connectivity index is 2.02. The number of anilines is 1. The largest absolute Gasteiger partial charge is 0.383 e. The van der Waals surface area contributed by atoms with Crippen LogP contribution >= 0.6 is 11.6 Å². The quantitative estimate of drug-likeness (QED) is 0.865. The summed E-state index contributed by atoms with van der Waals surface area (Å²) in [4.78, 5) is 0. The minimum absolute atomic E-state index is 0.517. The van der Waals surface area contributed by atoms with Crippen molar-refractivity contribution in [2.45, 2.75) is 13.0 Å². The fourth-order valence-electron chi connectivity index (χ4n) is 1.43. The number of hydrogen-bond donors (Lipinski definition) is 1. The minimum atomic E-state index is 0.517. The number of aromatic nitrogens is 2. The van der Waals surface area contributed by atoms with Gasteiger partial charge in [0.05, 0.1) is 6.20 Å². The predicted molar refractivity (Wildman–Crippen MR) is 61.8 cm³/mol. The summed E-state index contributed by atoms with van der Waals surface area (Å²) in [6, 6.07) is 10.2. The molecule has 0 saturated carbocycles. The topological polar surface area (TPSA) is 43.8 Å². The van der Waals surface area contributed by atoms with E-state index < -0.39 is 0 Å². The standard InChI is InChI=1S/C11H12ClN3/c12-10-8-14-15(11(10)13)7-6-9-4-2-1-3-5-9/h1-5,8H,6-7,13H2. The monoisotopic (exact) mass is 221 g/mol. The minimum Gasteiger partial charge on any atom is -0.383 e. The third-order valence-corrected chi connectivity index (χ3v) is 2.58. The molecule has 2 rings (SSSR count). The van der Waals surface area contributed by atoms with Crippen LogP contribution < -0.4 is 5.73 Å². The van der Waals surface area contributed by atoms with Gasteiger partial charge in [0.2, 0.25) is 0 Å². The summed E-state index contributed by atoms with van der Waals surface area (Å²) in [6.07, 6.45) is 2.48. The average molecular weight is 222 g/mol. The molecule has 4 heteroatoms. The first-order valence-electron chi connectivity index (χ1n) is 4.78. The molecule has 0 saturated heterocycles. The summed E-state index contributed by atoms with van der Waals surface area (Å²) in [6.45, 7) is 0.753. The van der Waals surface area contributed by atoms with Crippen molar-refractivity contribution in [3.8, 4) is 0 Å². The lowest BCUT2D eigenvalue weighted by Gasteiger charge is -2.03. The summed E-state index contributed by atoms with van der Waals surface area (Å²) in [5, 5.41) is 4.61. The van der Waals surface area contributed by atoms with Gasteiger partial charge in [0.25, 0.3) is 0 Å². The maximum atomic E-state index is 5.80. The second-order valence-electron chi connectivity index (χ2n) is 3.34. The highest BCUT2D eigenvalue weighted by Crippen LogP contribution is 2.17. The highest BCUT2D eigenvalue weighted by Gasteiger charge is 2.04. The summed E-state index contributed by atoms with van der Waals surface area (Å²) >= 11 is 5.80. The lowest BCUT2D eigenvalue weighted by molar-refractivity contribution is 0.623. The Morgan fingerprint density at radius 1 is 1.27 bits per heavy atom. The Hall–Kier alpha value is -1.48. The molecule has 0 amide bonds. The van der Waals surface area contributed by atoms with Gasteiger partial charge in [0, 0.05) is 6.54 Å². The van der Waals surface area contributed by atoms with Crippen molar-refractivity contribution < 1.29 is 0 Å². The molecule has 0 spiro atoms. The predicted octanol–water partition coefficient (Wildman–Crippen LogP) is 2.36. The Bertz CT molecular complexity index is 436. The van der Waals surface area contributed by atoms with Crippen LogP contribution in [0.4, 0.5) is 5.82 Å². The van der Waals surface area contributed by atoms with Crippen LogP contribution in [0.25, 0.3) is 0 Å². The Morgan fingerprint density at radius 3 is 2.60 bits per heavy atom. The summed E-state index contributed by atoms with van der Waals surface area (Å²) in [5.41, 5.74) is 7.00. The van der Waals surface area contributed by atoms with Gasteiger partial charge in [0.15, 0.2) is 0 Å². The molecule has 0 aliphatic heterocycles. The van der Waals surface area contributed by atoms with Gasteiger partial charge in [-0.25, -0.2) is 4.68 Å². The van der Waals surface area contributed by atoms with Crippen LogP contribution in [0.3, 0.4) is 0 Å². The van der Waals surface area contributed by atoms with E-state index in [0.717, 1.165) is 13.0 Å². The van der Waals surface area contributed by atoms with Crippen molar-refractivity contribution in [1.82, 2.24) is 9.78 Å². The van der Waals surface area contributed by atoms with Gasteiger partial charge >= 0.3 is 0 Å². The van der Waals surface area contributed by atoms with Crippen molar-refractivity contribution >= 4 is 17.4 Å². The zero-order chi connectivity index (χ0) is 10.7. The lowest BCUT2D eigenvalue weighted by atomic mass is 10.1. The molecule has 78 valence electrons. The van der Waals surface area contributed by atoms with Crippen molar-refractivity contribution in [3.63, 3.8) is 0 Å². The van der Waals surface area contributed by atoms with Gasteiger partial charge in [-0.1, -0.05) is 41.9 Å². The summed E-state index contributed by atoms with van der Waals surface area (Å²) in [5.74, 6) is 0.535. The van der Waals surface area contributed by atoms with Crippen LogP contribution in [-0.2, 0) is 13.0 Å². The molecule has 1 aromatic heterocycles. The molecule has 0 radical (unpaired) electrons. The van der Waals surface area contributed by atoms with E-state index >= 15 is 0 Å². The van der Waals surface area contributed by atoms with Gasteiger partial charge < -0.3 is 5.73 Å². The van der Waals surface area contributed by atoms with Gasteiger partial charge in [0.1, 0.15) is 10.8 Å². The molecular formula is C11H12ClN3. The highest BCUT2D eigenvalue weighted by molar-refractivity contribution is 6.32. The van der Waals surface area contributed by atoms with Crippen LogP contribution in [0.5, 0.6) is 0 Å². The number of aryl methyl sites for hydroxylation is 2. The lowest BCUT2D eigenvalue weighted by Crippen LogP contribution is -2.06. The number of nitrogens with zero attached hydrogens (tertiary/aromatic N) is 2. The van der Waals surface area contributed by atoms with E-state index in [4.69, 9.17) is 17.3 Å².